The molecule has 0 aliphatic heterocycles. The molecule has 0 saturated heterocycles. The zero-order valence-corrected chi connectivity index (χ0v) is 18.0. The minimum absolute atomic E-state index is 0.218. The van der Waals surface area contributed by atoms with Gasteiger partial charge < -0.3 is 4.74 Å². The van der Waals surface area contributed by atoms with Crippen LogP contribution < -0.4 is 0 Å². The second-order valence-electron chi connectivity index (χ2n) is 6.14. The van der Waals surface area contributed by atoms with Gasteiger partial charge in [-0.15, -0.1) is 0 Å². The van der Waals surface area contributed by atoms with Gasteiger partial charge in [0.15, 0.2) is 0 Å². The zero-order valence-electron chi connectivity index (χ0n) is 18.0. The molecule has 154 valence electrons. The Kier molecular flexibility index (Phi) is 19.2. The Balaban J connectivity index is 3.84. The van der Waals surface area contributed by atoms with Crippen molar-refractivity contribution in [2.75, 3.05) is 6.61 Å². The van der Waals surface area contributed by atoms with Crippen molar-refractivity contribution in [2.24, 2.45) is 0 Å². The molecule has 0 rings (SSSR count). The van der Waals surface area contributed by atoms with Crippen LogP contribution in [0, 0.1) is 0 Å². The van der Waals surface area contributed by atoms with Gasteiger partial charge in [-0.3, -0.25) is 0 Å². The van der Waals surface area contributed by atoms with Crippen molar-refractivity contribution in [3.8, 4) is 0 Å². The molecule has 0 bridgehead atoms. The summed E-state index contributed by atoms with van der Waals surface area (Å²) in [7, 11) is 0. The first-order valence-electron chi connectivity index (χ1n) is 10.5. The lowest BCUT2D eigenvalue weighted by molar-refractivity contribution is -0.138. The number of allylic oxidation sites excluding steroid dienone is 13. The van der Waals surface area contributed by atoms with E-state index in [2.05, 4.69) is 67.7 Å². The van der Waals surface area contributed by atoms with Crippen LogP contribution in [0.3, 0.4) is 0 Å². The fourth-order valence-corrected chi connectivity index (χ4v) is 2.24. The van der Waals surface area contributed by atoms with Crippen LogP contribution in [0.25, 0.3) is 0 Å². The lowest BCUT2D eigenvalue weighted by Gasteiger charge is -2.02. The molecule has 0 N–H and O–H groups in total. The molecule has 0 aromatic heterocycles. The van der Waals surface area contributed by atoms with Gasteiger partial charge in [-0.1, -0.05) is 92.8 Å². The molecule has 0 fully saturated rings. The second-order valence-corrected chi connectivity index (χ2v) is 6.14. The van der Waals surface area contributed by atoms with E-state index in [1.165, 1.54) is 0 Å². The van der Waals surface area contributed by atoms with Crippen molar-refractivity contribution >= 4 is 5.97 Å². The van der Waals surface area contributed by atoms with Gasteiger partial charge in [0.1, 0.15) is 0 Å². The van der Waals surface area contributed by atoms with E-state index in [0.717, 1.165) is 38.5 Å². The standard InChI is InChI=1S/C26H38O2/c1-4-7-8-9-10-11-12-13-14-15-16-17-18-19-20-21-22-23-24-25(5-2)26(27)28-6-3/h7-8,10-11,13-14,16-17,19-20,22-24H,4-6,9,12,15,18,21H2,1-3H3/b8-7-,11-10-,14-13-,17-16-,20-19-,23-22+,25-24+. The van der Waals surface area contributed by atoms with Crippen LogP contribution in [-0.2, 0) is 9.53 Å². The van der Waals surface area contributed by atoms with E-state index in [1.54, 1.807) is 0 Å². The maximum Gasteiger partial charge on any atom is 0.333 e. The normalized spacial score (nSPS) is 13.5. The molecule has 0 aromatic rings. The number of carbonyl (C=O) groups is 1. The van der Waals surface area contributed by atoms with Crippen LogP contribution in [0.1, 0.15) is 65.7 Å². The highest BCUT2D eigenvalue weighted by atomic mass is 16.5. The number of carbonyl (C=O) groups excluding carboxylic acids is 1. The van der Waals surface area contributed by atoms with Crippen LogP contribution in [0.4, 0.5) is 0 Å². The molecule has 0 aliphatic rings. The van der Waals surface area contributed by atoms with Gasteiger partial charge in [-0.05, 0) is 51.9 Å². The van der Waals surface area contributed by atoms with E-state index in [9.17, 15) is 4.79 Å². The van der Waals surface area contributed by atoms with Crippen molar-refractivity contribution < 1.29 is 9.53 Å². The molecular weight excluding hydrogens is 344 g/mol. The number of rotatable bonds is 15. The van der Waals surface area contributed by atoms with Gasteiger partial charge in [-0.2, -0.15) is 0 Å². The fraction of sp³-hybridized carbons (Fsp3) is 0.423. The molecule has 0 saturated carbocycles. The average molecular weight is 383 g/mol. The fourth-order valence-electron chi connectivity index (χ4n) is 2.24. The summed E-state index contributed by atoms with van der Waals surface area (Å²) in [5, 5.41) is 0. The maximum absolute atomic E-state index is 11.6. The highest BCUT2D eigenvalue weighted by Gasteiger charge is 2.05. The second kappa shape index (κ2) is 21.0. The molecular formula is C26H38O2. The quantitative estimate of drug-likeness (QED) is 0.126. The molecule has 0 spiro atoms. The monoisotopic (exact) mass is 382 g/mol. The smallest absolute Gasteiger partial charge is 0.333 e. The average Bonchev–Trinajstić information content (AvgIpc) is 2.70. The van der Waals surface area contributed by atoms with Gasteiger partial charge in [0.25, 0.3) is 0 Å². The van der Waals surface area contributed by atoms with Crippen molar-refractivity contribution in [3.05, 3.63) is 84.6 Å². The van der Waals surface area contributed by atoms with E-state index in [-0.39, 0.29) is 5.97 Å². The summed E-state index contributed by atoms with van der Waals surface area (Å²) in [4.78, 5) is 11.6. The van der Waals surface area contributed by atoms with Gasteiger partial charge in [0.05, 0.1) is 6.61 Å². The summed E-state index contributed by atoms with van der Waals surface area (Å²) < 4.78 is 5.01. The third-order valence-electron chi connectivity index (χ3n) is 3.78. The highest BCUT2D eigenvalue weighted by molar-refractivity contribution is 5.88. The summed E-state index contributed by atoms with van der Waals surface area (Å²) in [6.45, 7) is 6.35. The van der Waals surface area contributed by atoms with Gasteiger partial charge in [0, 0.05) is 5.57 Å². The third kappa shape index (κ3) is 17.1. The maximum atomic E-state index is 11.6. The lowest BCUT2D eigenvalue weighted by atomic mass is 10.2. The summed E-state index contributed by atoms with van der Waals surface area (Å²) >= 11 is 0. The highest BCUT2D eigenvalue weighted by Crippen LogP contribution is 2.04. The van der Waals surface area contributed by atoms with Crippen LogP contribution in [-0.4, -0.2) is 12.6 Å². The molecule has 0 atom stereocenters. The summed E-state index contributed by atoms with van der Waals surface area (Å²) in [6.07, 6.45) is 34.4. The molecule has 0 heterocycles. The zero-order chi connectivity index (χ0) is 20.7. The predicted molar refractivity (Wildman–Crippen MR) is 123 cm³/mol. The van der Waals surface area contributed by atoms with Crippen molar-refractivity contribution in [1.29, 1.82) is 0 Å². The first-order chi connectivity index (χ1) is 13.8. The summed E-state index contributed by atoms with van der Waals surface area (Å²) in [6, 6.07) is 0. The molecule has 28 heavy (non-hydrogen) atoms. The van der Waals surface area contributed by atoms with E-state index < -0.39 is 0 Å². The Morgan fingerprint density at radius 1 is 0.643 bits per heavy atom. The Morgan fingerprint density at radius 2 is 1.07 bits per heavy atom. The first kappa shape index (κ1) is 25.6. The molecule has 0 amide bonds. The van der Waals surface area contributed by atoms with Gasteiger partial charge >= 0.3 is 5.97 Å². The summed E-state index contributed by atoms with van der Waals surface area (Å²) in [5.41, 5.74) is 0.710. The third-order valence-corrected chi connectivity index (χ3v) is 3.78. The Labute approximate surface area is 172 Å². The van der Waals surface area contributed by atoms with Crippen LogP contribution in [0.5, 0.6) is 0 Å². The predicted octanol–water partition coefficient (Wildman–Crippen LogP) is 7.58. The Morgan fingerprint density at radius 3 is 1.46 bits per heavy atom. The number of hydrogen-bond donors (Lipinski definition) is 0. The minimum atomic E-state index is -0.218. The van der Waals surface area contributed by atoms with Crippen molar-refractivity contribution in [3.63, 3.8) is 0 Å². The molecule has 0 aliphatic carbocycles. The number of ether oxygens (including phenoxy) is 1. The van der Waals surface area contributed by atoms with Crippen LogP contribution in [0.15, 0.2) is 84.6 Å². The van der Waals surface area contributed by atoms with Crippen LogP contribution >= 0.6 is 0 Å². The van der Waals surface area contributed by atoms with Gasteiger partial charge in [-0.25, -0.2) is 4.79 Å². The molecule has 2 heteroatoms. The van der Waals surface area contributed by atoms with Crippen LogP contribution in [0.2, 0.25) is 0 Å². The molecule has 2 nitrogen and oxygen atoms in total. The molecule has 0 radical (unpaired) electrons. The van der Waals surface area contributed by atoms with Crippen molar-refractivity contribution in [1.82, 2.24) is 0 Å². The SMILES string of the molecule is CC/C=C\C/C=C\C/C=C\C/C=C\C/C=C\C/C=C/C=C(\CC)C(=O)OCC. The largest absolute Gasteiger partial charge is 0.463 e. The van der Waals surface area contributed by atoms with Crippen molar-refractivity contribution in [2.45, 2.75) is 65.7 Å². The van der Waals surface area contributed by atoms with E-state index in [0.29, 0.717) is 18.6 Å². The van der Waals surface area contributed by atoms with E-state index in [1.807, 2.05) is 32.1 Å². The Bertz CT molecular complexity index is 584. The Hall–Kier alpha value is -2.35. The number of esters is 1. The van der Waals surface area contributed by atoms with E-state index >= 15 is 0 Å². The van der Waals surface area contributed by atoms with Gasteiger partial charge in [0.2, 0.25) is 0 Å². The number of hydrogen-bond acceptors (Lipinski definition) is 2. The topological polar surface area (TPSA) is 26.3 Å². The summed E-state index contributed by atoms with van der Waals surface area (Å²) in [5.74, 6) is -0.218. The molecule has 0 aromatic carbocycles. The molecule has 0 unspecified atom stereocenters. The first-order valence-corrected chi connectivity index (χ1v) is 10.5. The minimum Gasteiger partial charge on any atom is -0.463 e. The lowest BCUT2D eigenvalue weighted by Crippen LogP contribution is -2.06. The van der Waals surface area contributed by atoms with E-state index in [4.69, 9.17) is 4.74 Å².